The molecule has 2 N–H and O–H groups in total. The maximum atomic E-state index is 9.36. The first-order chi connectivity index (χ1) is 12.2. The number of H-pyrrole nitrogens is 1. The van der Waals surface area contributed by atoms with Crippen molar-refractivity contribution in [2.75, 3.05) is 5.32 Å². The number of aromatic nitrogens is 5. The van der Waals surface area contributed by atoms with Gasteiger partial charge in [0.15, 0.2) is 5.82 Å². The zero-order valence-corrected chi connectivity index (χ0v) is 13.4. The molecule has 2 aromatic heterocycles. The van der Waals surface area contributed by atoms with Crippen LogP contribution in [0.5, 0.6) is 0 Å². The van der Waals surface area contributed by atoms with E-state index in [1.54, 1.807) is 6.20 Å². The fourth-order valence-electron chi connectivity index (χ4n) is 2.62. The molecule has 4 aromatic rings. The number of aryl methyl sites for hydroxylation is 1. The molecule has 0 saturated heterocycles. The van der Waals surface area contributed by atoms with Crippen LogP contribution in [0.25, 0.3) is 22.2 Å². The first-order valence-corrected chi connectivity index (χ1v) is 7.65. The Hall–Kier alpha value is -3.79. The highest BCUT2D eigenvalue weighted by molar-refractivity contribution is 5.90. The third-order valence-corrected chi connectivity index (χ3v) is 3.83. The molecule has 7 nitrogen and oxygen atoms in total. The van der Waals surface area contributed by atoms with Crippen molar-refractivity contribution in [2.45, 2.75) is 6.92 Å². The van der Waals surface area contributed by atoms with Gasteiger partial charge in [-0.3, -0.25) is 5.10 Å². The summed E-state index contributed by atoms with van der Waals surface area (Å²) < 4.78 is 0. The lowest BCUT2D eigenvalue weighted by molar-refractivity contribution is 0.977. The van der Waals surface area contributed by atoms with Gasteiger partial charge >= 0.3 is 0 Å². The Morgan fingerprint density at radius 3 is 2.92 bits per heavy atom. The van der Waals surface area contributed by atoms with Crippen molar-refractivity contribution >= 4 is 22.7 Å². The van der Waals surface area contributed by atoms with Gasteiger partial charge in [0.2, 0.25) is 5.95 Å². The van der Waals surface area contributed by atoms with Crippen molar-refractivity contribution in [3.05, 3.63) is 59.8 Å². The van der Waals surface area contributed by atoms with Gasteiger partial charge in [0.25, 0.3) is 0 Å². The number of hydrogen-bond acceptors (Lipinski definition) is 6. The average molecular weight is 327 g/mol. The molecule has 120 valence electrons. The monoisotopic (exact) mass is 327 g/mol. The Morgan fingerprint density at radius 2 is 2.04 bits per heavy atom. The molecule has 0 bridgehead atoms. The van der Waals surface area contributed by atoms with Crippen LogP contribution in [0.3, 0.4) is 0 Å². The Balaban J connectivity index is 1.72. The van der Waals surface area contributed by atoms with E-state index < -0.39 is 0 Å². The van der Waals surface area contributed by atoms with Crippen molar-refractivity contribution in [1.29, 1.82) is 5.26 Å². The first kappa shape index (κ1) is 14.8. The maximum Gasteiger partial charge on any atom is 0.248 e. The molecule has 2 heterocycles. The smallest absolute Gasteiger partial charge is 0.248 e. The van der Waals surface area contributed by atoms with Gasteiger partial charge in [-0.25, -0.2) is 4.98 Å². The van der Waals surface area contributed by atoms with Gasteiger partial charge in [0.1, 0.15) is 0 Å². The van der Waals surface area contributed by atoms with Gasteiger partial charge in [-0.15, -0.1) is 5.10 Å². The Morgan fingerprint density at radius 1 is 1.16 bits per heavy atom. The molecular formula is C18H13N7. The quantitative estimate of drug-likeness (QED) is 0.598. The van der Waals surface area contributed by atoms with Crippen molar-refractivity contribution in [1.82, 2.24) is 25.4 Å². The highest BCUT2D eigenvalue weighted by Gasteiger charge is 2.11. The summed E-state index contributed by atoms with van der Waals surface area (Å²) in [7, 11) is 0. The fourth-order valence-corrected chi connectivity index (χ4v) is 2.62. The number of benzene rings is 2. The number of anilines is 2. The molecule has 0 spiro atoms. The maximum absolute atomic E-state index is 9.36. The standard InChI is InChI=1S/C18H13N7/c1-11-6-7-13(12(8-11)9-19)16-10-20-25-18(21-16)22-17-14-4-2-3-5-15(14)23-24-17/h2-8,10H,1H3,(H2,21,22,23,24,25). The molecule has 7 heteroatoms. The highest BCUT2D eigenvalue weighted by Crippen LogP contribution is 2.25. The Kier molecular flexibility index (Phi) is 3.56. The molecule has 0 saturated carbocycles. The molecule has 0 atom stereocenters. The van der Waals surface area contributed by atoms with Crippen LogP contribution in [0.1, 0.15) is 11.1 Å². The van der Waals surface area contributed by atoms with Crippen LogP contribution < -0.4 is 5.32 Å². The fraction of sp³-hybridized carbons (Fsp3) is 0.0556. The zero-order chi connectivity index (χ0) is 17.2. The minimum atomic E-state index is 0.319. The van der Waals surface area contributed by atoms with Gasteiger partial charge in [0, 0.05) is 10.9 Å². The number of para-hydroxylation sites is 1. The number of nitrogens with one attached hydrogen (secondary N) is 2. The van der Waals surface area contributed by atoms with Crippen LogP contribution in [-0.4, -0.2) is 25.4 Å². The number of fused-ring (bicyclic) bond motifs is 1. The van der Waals surface area contributed by atoms with Crippen LogP contribution in [0.15, 0.2) is 48.7 Å². The summed E-state index contributed by atoms with van der Waals surface area (Å²) in [5.74, 6) is 0.943. The average Bonchev–Trinajstić information content (AvgIpc) is 3.05. The molecule has 0 fully saturated rings. The van der Waals surface area contributed by atoms with Crippen LogP contribution in [-0.2, 0) is 0 Å². The molecule has 0 unspecified atom stereocenters. The second kappa shape index (κ2) is 6.02. The number of aromatic amines is 1. The summed E-state index contributed by atoms with van der Waals surface area (Å²) in [6.45, 7) is 1.94. The molecule has 0 amide bonds. The lowest BCUT2D eigenvalue weighted by atomic mass is 10.0. The third-order valence-electron chi connectivity index (χ3n) is 3.83. The van der Waals surface area contributed by atoms with Crippen molar-refractivity contribution in [2.24, 2.45) is 0 Å². The van der Waals surface area contributed by atoms with Crippen molar-refractivity contribution in [3.8, 4) is 17.3 Å². The number of hydrogen-bond donors (Lipinski definition) is 2. The van der Waals surface area contributed by atoms with Gasteiger partial charge in [-0.05, 0) is 30.7 Å². The molecule has 2 aromatic carbocycles. The van der Waals surface area contributed by atoms with Crippen molar-refractivity contribution < 1.29 is 0 Å². The first-order valence-electron chi connectivity index (χ1n) is 7.65. The van der Waals surface area contributed by atoms with E-state index in [-0.39, 0.29) is 0 Å². The van der Waals surface area contributed by atoms with E-state index in [1.165, 1.54) is 0 Å². The SMILES string of the molecule is Cc1ccc(-c2cnnc(Nc3n[nH]c4ccccc34)n2)c(C#N)c1. The van der Waals surface area contributed by atoms with E-state index in [2.05, 4.69) is 36.8 Å². The van der Waals surface area contributed by atoms with E-state index >= 15 is 0 Å². The summed E-state index contributed by atoms with van der Waals surface area (Å²) in [4.78, 5) is 4.47. The normalized spacial score (nSPS) is 10.6. The van der Waals surface area contributed by atoms with E-state index in [9.17, 15) is 5.26 Å². The molecular weight excluding hydrogens is 314 g/mol. The topological polar surface area (TPSA) is 103 Å². The summed E-state index contributed by atoms with van der Waals surface area (Å²) in [5.41, 5.74) is 3.78. The molecule has 4 rings (SSSR count). The second-order valence-corrected chi connectivity index (χ2v) is 5.57. The van der Waals surface area contributed by atoms with Crippen LogP contribution in [0.4, 0.5) is 11.8 Å². The summed E-state index contributed by atoms with van der Waals surface area (Å²) >= 11 is 0. The van der Waals surface area contributed by atoms with Crippen LogP contribution in [0.2, 0.25) is 0 Å². The van der Waals surface area contributed by atoms with E-state index in [1.807, 2.05) is 49.4 Å². The predicted molar refractivity (Wildman–Crippen MR) is 94.1 cm³/mol. The van der Waals surface area contributed by atoms with E-state index in [0.717, 1.165) is 22.0 Å². The zero-order valence-electron chi connectivity index (χ0n) is 13.4. The third kappa shape index (κ3) is 2.77. The van der Waals surface area contributed by atoms with E-state index in [0.29, 0.717) is 23.0 Å². The highest BCUT2D eigenvalue weighted by atomic mass is 15.3. The Bertz CT molecular complexity index is 1110. The number of rotatable bonds is 3. The Labute approximate surface area is 143 Å². The van der Waals surface area contributed by atoms with Gasteiger partial charge < -0.3 is 5.32 Å². The summed E-state index contributed by atoms with van der Waals surface area (Å²) in [6, 6.07) is 15.6. The van der Waals surface area contributed by atoms with Crippen LogP contribution in [0, 0.1) is 18.3 Å². The number of nitrogens with zero attached hydrogens (tertiary/aromatic N) is 5. The molecule has 0 aliphatic carbocycles. The molecule has 0 aliphatic heterocycles. The lowest BCUT2D eigenvalue weighted by Crippen LogP contribution is -2.01. The summed E-state index contributed by atoms with van der Waals surface area (Å²) in [6.07, 6.45) is 1.54. The lowest BCUT2D eigenvalue weighted by Gasteiger charge is -2.06. The van der Waals surface area contributed by atoms with Gasteiger partial charge in [-0.1, -0.05) is 24.3 Å². The second-order valence-electron chi connectivity index (χ2n) is 5.57. The molecule has 25 heavy (non-hydrogen) atoms. The predicted octanol–water partition coefficient (Wildman–Crippen LogP) is 3.34. The van der Waals surface area contributed by atoms with Gasteiger partial charge in [-0.2, -0.15) is 15.5 Å². The van der Waals surface area contributed by atoms with Crippen LogP contribution >= 0.6 is 0 Å². The van der Waals surface area contributed by atoms with E-state index in [4.69, 9.17) is 0 Å². The minimum absolute atomic E-state index is 0.319. The van der Waals surface area contributed by atoms with Crippen molar-refractivity contribution in [3.63, 3.8) is 0 Å². The van der Waals surface area contributed by atoms with Gasteiger partial charge in [0.05, 0.1) is 29.0 Å². The molecule has 0 aliphatic rings. The summed E-state index contributed by atoms with van der Waals surface area (Å²) in [5, 5.41) is 28.6. The molecule has 0 radical (unpaired) electrons. The largest absolute Gasteiger partial charge is 0.305 e. The number of nitriles is 1. The minimum Gasteiger partial charge on any atom is -0.305 e.